The van der Waals surface area contributed by atoms with Crippen LogP contribution in [0.4, 0.5) is 18.9 Å². The molecular weight excluding hydrogens is 607 g/mol. The van der Waals surface area contributed by atoms with Crippen molar-refractivity contribution in [2.75, 3.05) is 18.5 Å². The summed E-state index contributed by atoms with van der Waals surface area (Å²) in [5, 5.41) is 28.9. The number of nitrogens with zero attached hydrogens (tertiary/aromatic N) is 3. The highest BCUT2D eigenvalue weighted by Gasteiger charge is 2.34. The third-order valence-corrected chi connectivity index (χ3v) is 7.08. The van der Waals surface area contributed by atoms with E-state index in [2.05, 4.69) is 36.6 Å². The first-order chi connectivity index (χ1) is 19.2. The molecular formula is C28H27BrF3N5O4. The second-order valence-corrected chi connectivity index (χ2v) is 10.8. The number of aryl methyl sites for hydroxylation is 1. The Balaban J connectivity index is 1.57. The second-order valence-electron chi connectivity index (χ2n) is 9.90. The number of alkyl halides is 3. The van der Waals surface area contributed by atoms with Crippen molar-refractivity contribution in [3.05, 3.63) is 86.8 Å². The minimum atomic E-state index is -4.74. The van der Waals surface area contributed by atoms with Crippen LogP contribution in [0.15, 0.2) is 53.0 Å². The lowest BCUT2D eigenvalue weighted by Crippen LogP contribution is -2.51. The van der Waals surface area contributed by atoms with E-state index < -0.39 is 42.4 Å². The molecule has 0 aliphatic rings. The van der Waals surface area contributed by atoms with E-state index in [4.69, 9.17) is 0 Å². The number of pyridine rings is 1. The molecule has 0 radical (unpaired) electrons. The Kier molecular flexibility index (Phi) is 8.52. The number of benzene rings is 2. The van der Waals surface area contributed by atoms with Crippen LogP contribution >= 0.6 is 15.9 Å². The van der Waals surface area contributed by atoms with Gasteiger partial charge in [-0.2, -0.15) is 18.3 Å². The minimum absolute atomic E-state index is 0.0341. The van der Waals surface area contributed by atoms with Gasteiger partial charge in [0.15, 0.2) is 0 Å². The van der Waals surface area contributed by atoms with Crippen molar-refractivity contribution in [1.29, 1.82) is 0 Å². The van der Waals surface area contributed by atoms with Gasteiger partial charge in [0.2, 0.25) is 0 Å². The maximum Gasteiger partial charge on any atom is 0.433 e. The number of hydrogen-bond acceptors (Lipinski definition) is 6. The second kappa shape index (κ2) is 11.6. The number of anilines is 1. The summed E-state index contributed by atoms with van der Waals surface area (Å²) in [7, 11) is 0. The van der Waals surface area contributed by atoms with E-state index in [1.165, 1.54) is 13.0 Å². The van der Waals surface area contributed by atoms with E-state index >= 15 is 0 Å². The van der Waals surface area contributed by atoms with E-state index in [1.54, 1.807) is 54.9 Å². The van der Waals surface area contributed by atoms with E-state index in [0.717, 1.165) is 11.6 Å². The zero-order valence-corrected chi connectivity index (χ0v) is 23.9. The summed E-state index contributed by atoms with van der Waals surface area (Å²) in [5.41, 5.74) is 0.0598. The fourth-order valence-electron chi connectivity index (χ4n) is 4.15. The van der Waals surface area contributed by atoms with Gasteiger partial charge >= 0.3 is 6.18 Å². The van der Waals surface area contributed by atoms with Gasteiger partial charge in [-0.05, 0) is 62.7 Å². The molecule has 4 rings (SSSR count). The Morgan fingerprint density at radius 1 is 1.00 bits per heavy atom. The predicted octanol–water partition coefficient (Wildman–Crippen LogP) is 4.60. The lowest BCUT2D eigenvalue weighted by Gasteiger charge is -2.26. The Labute approximate surface area is 241 Å². The van der Waals surface area contributed by atoms with Crippen LogP contribution in [0.25, 0.3) is 10.9 Å². The number of halogens is 4. The maximum absolute atomic E-state index is 13.5. The van der Waals surface area contributed by atoms with Crippen LogP contribution in [0.1, 0.15) is 50.3 Å². The predicted molar refractivity (Wildman–Crippen MR) is 150 cm³/mol. The minimum Gasteiger partial charge on any atom is -0.394 e. The van der Waals surface area contributed by atoms with Crippen molar-refractivity contribution in [3.63, 3.8) is 0 Å². The van der Waals surface area contributed by atoms with Crippen molar-refractivity contribution in [2.45, 2.75) is 39.0 Å². The van der Waals surface area contributed by atoms with Crippen LogP contribution in [0.2, 0.25) is 0 Å². The van der Waals surface area contributed by atoms with Gasteiger partial charge in [-0.15, -0.1) is 0 Å². The summed E-state index contributed by atoms with van der Waals surface area (Å²) in [6.45, 7) is 4.35. The number of fused-ring (bicyclic) bond motifs is 1. The van der Waals surface area contributed by atoms with Crippen LogP contribution in [-0.4, -0.2) is 55.5 Å². The SMILES string of the molecule is Cc1nn(Cc2ccc(C(=O)NC(C)(CO)CO)cc2)c(C)c1NC(=O)c1cc(C(F)(F)F)nc2ccc(Br)cc12. The van der Waals surface area contributed by atoms with Gasteiger partial charge in [-0.25, -0.2) is 4.98 Å². The number of aliphatic hydroxyl groups excluding tert-OH is 2. The van der Waals surface area contributed by atoms with Gasteiger partial charge in [0, 0.05) is 15.4 Å². The number of hydrogen-bond donors (Lipinski definition) is 4. The fraction of sp³-hybridized carbons (Fsp3) is 0.286. The number of nitrogens with one attached hydrogen (secondary N) is 2. The highest BCUT2D eigenvalue weighted by molar-refractivity contribution is 9.10. The van der Waals surface area contributed by atoms with Crippen molar-refractivity contribution in [1.82, 2.24) is 20.1 Å². The largest absolute Gasteiger partial charge is 0.433 e. The average molecular weight is 634 g/mol. The van der Waals surface area contributed by atoms with Gasteiger partial charge in [0.05, 0.1) is 53.5 Å². The van der Waals surface area contributed by atoms with Crippen molar-refractivity contribution in [2.24, 2.45) is 0 Å². The number of rotatable bonds is 8. The lowest BCUT2D eigenvalue weighted by atomic mass is 10.0. The third-order valence-electron chi connectivity index (χ3n) is 6.59. The number of carbonyl (C=O) groups is 2. The molecule has 0 aliphatic carbocycles. The zero-order valence-electron chi connectivity index (χ0n) is 22.3. The van der Waals surface area contributed by atoms with Gasteiger partial charge in [0.1, 0.15) is 5.69 Å². The molecule has 13 heteroatoms. The first-order valence-corrected chi connectivity index (χ1v) is 13.2. The molecule has 4 aromatic rings. The molecule has 2 heterocycles. The van der Waals surface area contributed by atoms with Gasteiger partial charge in [0.25, 0.3) is 11.8 Å². The summed E-state index contributed by atoms with van der Waals surface area (Å²) in [4.78, 5) is 29.5. The molecule has 0 aliphatic heterocycles. The molecule has 0 atom stereocenters. The number of carbonyl (C=O) groups excluding carboxylic acids is 2. The molecule has 4 N–H and O–H groups in total. The summed E-state index contributed by atoms with van der Waals surface area (Å²) >= 11 is 3.29. The van der Waals surface area contributed by atoms with E-state index in [0.29, 0.717) is 33.7 Å². The van der Waals surface area contributed by atoms with Gasteiger partial charge < -0.3 is 20.8 Å². The average Bonchev–Trinajstić information content (AvgIpc) is 3.19. The van der Waals surface area contributed by atoms with Crippen molar-refractivity contribution >= 4 is 44.3 Å². The Bertz CT molecular complexity index is 1620. The highest BCUT2D eigenvalue weighted by Crippen LogP contribution is 2.32. The van der Waals surface area contributed by atoms with E-state index in [1.807, 2.05) is 0 Å². The molecule has 41 heavy (non-hydrogen) atoms. The molecule has 0 spiro atoms. The molecule has 2 aromatic heterocycles. The van der Waals surface area contributed by atoms with Crippen molar-refractivity contribution in [3.8, 4) is 0 Å². The topological polar surface area (TPSA) is 129 Å². The smallest absolute Gasteiger partial charge is 0.394 e. The van der Waals surface area contributed by atoms with Crippen LogP contribution in [0.5, 0.6) is 0 Å². The number of aromatic nitrogens is 3. The molecule has 0 saturated carbocycles. The van der Waals surface area contributed by atoms with Crippen LogP contribution < -0.4 is 10.6 Å². The van der Waals surface area contributed by atoms with E-state index in [-0.39, 0.29) is 16.5 Å². The Morgan fingerprint density at radius 2 is 1.66 bits per heavy atom. The summed E-state index contributed by atoms with van der Waals surface area (Å²) in [5.74, 6) is -1.19. The first-order valence-electron chi connectivity index (χ1n) is 12.4. The summed E-state index contributed by atoms with van der Waals surface area (Å²) in [6, 6.07) is 11.9. The molecule has 2 aromatic carbocycles. The zero-order chi connectivity index (χ0) is 30.1. The normalized spacial score (nSPS) is 12.0. The highest BCUT2D eigenvalue weighted by atomic mass is 79.9. The lowest BCUT2D eigenvalue weighted by molar-refractivity contribution is -0.141. The monoisotopic (exact) mass is 633 g/mol. The molecule has 0 saturated heterocycles. The summed E-state index contributed by atoms with van der Waals surface area (Å²) < 4.78 is 42.8. The fourth-order valence-corrected chi connectivity index (χ4v) is 4.51. The van der Waals surface area contributed by atoms with Crippen molar-refractivity contribution < 1.29 is 33.0 Å². The maximum atomic E-state index is 13.5. The Morgan fingerprint density at radius 3 is 2.27 bits per heavy atom. The molecule has 0 bridgehead atoms. The molecule has 9 nitrogen and oxygen atoms in total. The first kappa shape index (κ1) is 30.2. The van der Waals surface area contributed by atoms with Gasteiger partial charge in [-0.3, -0.25) is 14.3 Å². The quantitative estimate of drug-likeness (QED) is 0.224. The Hall–Kier alpha value is -3.81. The third kappa shape index (κ3) is 6.58. The summed E-state index contributed by atoms with van der Waals surface area (Å²) in [6.07, 6.45) is -4.74. The van der Waals surface area contributed by atoms with Crippen LogP contribution in [-0.2, 0) is 12.7 Å². The van der Waals surface area contributed by atoms with Crippen LogP contribution in [0, 0.1) is 13.8 Å². The number of amides is 2. The molecule has 2 amide bonds. The van der Waals surface area contributed by atoms with E-state index in [9.17, 15) is 33.0 Å². The molecule has 0 fully saturated rings. The van der Waals surface area contributed by atoms with Crippen LogP contribution in [0.3, 0.4) is 0 Å². The number of aliphatic hydroxyl groups is 2. The van der Waals surface area contributed by atoms with Gasteiger partial charge in [-0.1, -0.05) is 28.1 Å². The standard InChI is InChI=1S/C28H27BrF3N5O4/c1-15-24(34-26(41)21-11-23(28(30,31)32)33-22-9-8-19(29)10-20(21)22)16(2)37(36-15)12-17-4-6-18(7-5-17)25(40)35-27(3,13-38)14-39/h4-11,38-39H,12-14H2,1-3H3,(H,34,41)(H,35,40). The molecule has 0 unspecified atom stereocenters. The molecule has 216 valence electrons.